The van der Waals surface area contributed by atoms with E-state index in [0.29, 0.717) is 77.0 Å². The van der Waals surface area contributed by atoms with Crippen molar-refractivity contribution in [1.29, 1.82) is 0 Å². The van der Waals surface area contributed by atoms with Crippen LogP contribution in [0.4, 0.5) is 0 Å². The molecule has 0 aliphatic carbocycles. The van der Waals surface area contributed by atoms with Crippen molar-refractivity contribution in [1.82, 2.24) is 23.7 Å². The van der Waals surface area contributed by atoms with Crippen LogP contribution in [-0.4, -0.2) is 85.3 Å². The molecular weight excluding hydrogens is 410 g/mol. The summed E-state index contributed by atoms with van der Waals surface area (Å²) in [6.07, 6.45) is 5.26. The van der Waals surface area contributed by atoms with Gasteiger partial charge in [0.15, 0.2) is 5.82 Å². The first kappa shape index (κ1) is 21.3. The van der Waals surface area contributed by atoms with Crippen molar-refractivity contribution in [2.24, 2.45) is 0 Å². The van der Waals surface area contributed by atoms with Gasteiger partial charge in [0.2, 0.25) is 0 Å². The summed E-state index contributed by atoms with van der Waals surface area (Å²) in [4.78, 5) is 8.73. The number of morpholine rings is 1. The zero-order valence-electron chi connectivity index (χ0n) is 17.1. The van der Waals surface area contributed by atoms with E-state index in [1.54, 1.807) is 23.8 Å². The Labute approximate surface area is 176 Å². The third-order valence-electron chi connectivity index (χ3n) is 5.90. The summed E-state index contributed by atoms with van der Waals surface area (Å²) in [6.45, 7) is 3.00. The summed E-state index contributed by atoms with van der Waals surface area (Å²) in [7, 11) is -1.84. The molecule has 164 valence electrons. The zero-order valence-corrected chi connectivity index (χ0v) is 17.9. The van der Waals surface area contributed by atoms with E-state index >= 15 is 0 Å². The summed E-state index contributed by atoms with van der Waals surface area (Å²) in [6, 6.07) is 3.68. The minimum Gasteiger partial charge on any atom is -0.385 e. The van der Waals surface area contributed by atoms with Crippen molar-refractivity contribution >= 4 is 10.2 Å². The minimum atomic E-state index is -3.49. The molecule has 2 aliphatic rings. The predicted molar refractivity (Wildman–Crippen MR) is 108 cm³/mol. The normalized spacial score (nSPS) is 21.0. The highest BCUT2D eigenvalue weighted by molar-refractivity contribution is 7.86. The Bertz CT molecular complexity index is 922. The number of nitrogens with zero attached hydrogens (tertiary/aromatic N) is 5. The van der Waals surface area contributed by atoms with Gasteiger partial charge in [-0.1, -0.05) is 5.16 Å². The van der Waals surface area contributed by atoms with Gasteiger partial charge in [-0.3, -0.25) is 4.98 Å². The molecule has 0 aromatic carbocycles. The molecule has 0 spiro atoms. The van der Waals surface area contributed by atoms with E-state index < -0.39 is 15.6 Å². The minimum absolute atomic E-state index is 0.392. The van der Waals surface area contributed by atoms with E-state index in [9.17, 15) is 8.42 Å². The number of piperidine rings is 1. The number of rotatable bonds is 7. The van der Waals surface area contributed by atoms with Gasteiger partial charge < -0.3 is 14.0 Å². The van der Waals surface area contributed by atoms with Crippen LogP contribution in [-0.2, 0) is 25.1 Å². The molecule has 0 bridgehead atoms. The molecule has 0 amide bonds. The second-order valence-corrected chi connectivity index (χ2v) is 9.53. The lowest BCUT2D eigenvalue weighted by Gasteiger charge is -2.41. The van der Waals surface area contributed by atoms with Gasteiger partial charge in [0, 0.05) is 57.7 Å². The standard InChI is InChI=1S/C19H27N5O5S/c1-27-12-6-19(18-21-17(29-22-18)16-3-2-7-20-15-16)4-8-23(9-5-19)30(25,26)24-10-13-28-14-11-24/h2-3,7,15H,4-6,8-14H2,1H3. The smallest absolute Gasteiger partial charge is 0.282 e. The van der Waals surface area contributed by atoms with Gasteiger partial charge in [-0.25, -0.2) is 0 Å². The Morgan fingerprint density at radius 1 is 1.17 bits per heavy atom. The van der Waals surface area contributed by atoms with Crippen LogP contribution in [0.5, 0.6) is 0 Å². The van der Waals surface area contributed by atoms with E-state index in [-0.39, 0.29) is 0 Å². The molecule has 0 atom stereocenters. The van der Waals surface area contributed by atoms with E-state index in [0.717, 1.165) is 5.56 Å². The number of aromatic nitrogens is 3. The van der Waals surface area contributed by atoms with Crippen molar-refractivity contribution in [3.63, 3.8) is 0 Å². The summed E-state index contributed by atoms with van der Waals surface area (Å²) in [5.41, 5.74) is 0.363. The van der Waals surface area contributed by atoms with Crippen molar-refractivity contribution < 1.29 is 22.4 Å². The van der Waals surface area contributed by atoms with Gasteiger partial charge in [0.1, 0.15) is 0 Å². The van der Waals surface area contributed by atoms with Gasteiger partial charge in [-0.15, -0.1) is 0 Å². The summed E-state index contributed by atoms with van der Waals surface area (Å²) >= 11 is 0. The van der Waals surface area contributed by atoms with Crippen molar-refractivity contribution in [2.45, 2.75) is 24.7 Å². The molecule has 0 saturated carbocycles. The van der Waals surface area contributed by atoms with Gasteiger partial charge in [0.25, 0.3) is 16.1 Å². The number of hydrogen-bond acceptors (Lipinski definition) is 8. The molecule has 2 saturated heterocycles. The zero-order chi connectivity index (χ0) is 21.0. The first-order chi connectivity index (χ1) is 14.5. The van der Waals surface area contributed by atoms with Crippen LogP contribution in [0.2, 0.25) is 0 Å². The fraction of sp³-hybridized carbons (Fsp3) is 0.632. The molecule has 4 rings (SSSR count). The third-order valence-corrected chi connectivity index (χ3v) is 7.93. The van der Waals surface area contributed by atoms with Gasteiger partial charge in [-0.05, 0) is 31.4 Å². The molecular formula is C19H27N5O5S. The SMILES string of the molecule is COCCC1(c2noc(-c3cccnc3)n2)CCN(S(=O)(=O)N2CCOCC2)CC1. The monoisotopic (exact) mass is 437 g/mol. The molecule has 11 heteroatoms. The molecule has 0 unspecified atom stereocenters. The fourth-order valence-corrected chi connectivity index (χ4v) is 5.59. The lowest BCUT2D eigenvalue weighted by atomic mass is 9.75. The summed E-state index contributed by atoms with van der Waals surface area (Å²) in [5, 5.41) is 4.25. The van der Waals surface area contributed by atoms with Crippen LogP contribution >= 0.6 is 0 Å². The fourth-order valence-electron chi connectivity index (χ4n) is 4.01. The molecule has 2 fully saturated rings. The summed E-state index contributed by atoms with van der Waals surface area (Å²) in [5.74, 6) is 1.01. The van der Waals surface area contributed by atoms with Crippen LogP contribution < -0.4 is 0 Å². The first-order valence-corrected chi connectivity index (χ1v) is 11.5. The second-order valence-electron chi connectivity index (χ2n) is 7.61. The average molecular weight is 438 g/mol. The molecule has 4 heterocycles. The van der Waals surface area contributed by atoms with Crippen molar-refractivity contribution in [3.05, 3.63) is 30.4 Å². The van der Waals surface area contributed by atoms with Crippen LogP contribution in [0.1, 0.15) is 25.1 Å². The molecule has 30 heavy (non-hydrogen) atoms. The lowest BCUT2D eigenvalue weighted by Crippen LogP contribution is -2.53. The molecule has 2 aromatic rings. The van der Waals surface area contributed by atoms with Gasteiger partial charge in [0.05, 0.1) is 18.8 Å². The van der Waals surface area contributed by atoms with Gasteiger partial charge in [-0.2, -0.15) is 22.0 Å². The molecule has 2 aromatic heterocycles. The summed E-state index contributed by atoms with van der Waals surface area (Å²) < 4.78 is 45.2. The molecule has 0 N–H and O–H groups in total. The Morgan fingerprint density at radius 3 is 2.57 bits per heavy atom. The average Bonchev–Trinajstić information content (AvgIpc) is 3.30. The third kappa shape index (κ3) is 4.26. The topological polar surface area (TPSA) is 111 Å². The highest BCUT2D eigenvalue weighted by atomic mass is 32.2. The maximum atomic E-state index is 13.0. The Kier molecular flexibility index (Phi) is 6.44. The Balaban J connectivity index is 1.52. The maximum absolute atomic E-state index is 13.0. The van der Waals surface area contributed by atoms with E-state index in [2.05, 4.69) is 15.1 Å². The van der Waals surface area contributed by atoms with E-state index in [4.69, 9.17) is 14.0 Å². The quantitative estimate of drug-likeness (QED) is 0.633. The number of methoxy groups -OCH3 is 1. The van der Waals surface area contributed by atoms with Gasteiger partial charge >= 0.3 is 0 Å². The molecule has 2 aliphatic heterocycles. The lowest BCUT2D eigenvalue weighted by molar-refractivity contribution is 0.0681. The van der Waals surface area contributed by atoms with Crippen LogP contribution in [0.15, 0.2) is 29.0 Å². The predicted octanol–water partition coefficient (Wildman–Crippen LogP) is 1.08. The number of ether oxygens (including phenoxy) is 2. The molecule has 0 radical (unpaired) electrons. The van der Waals surface area contributed by atoms with E-state index in [1.165, 1.54) is 4.31 Å². The van der Waals surface area contributed by atoms with Crippen molar-refractivity contribution in [3.8, 4) is 11.5 Å². The highest BCUT2D eigenvalue weighted by Gasteiger charge is 2.44. The Morgan fingerprint density at radius 2 is 1.90 bits per heavy atom. The van der Waals surface area contributed by atoms with E-state index in [1.807, 2.05) is 12.1 Å². The first-order valence-electron chi connectivity index (χ1n) is 10.1. The largest absolute Gasteiger partial charge is 0.385 e. The number of pyridine rings is 1. The second kappa shape index (κ2) is 9.06. The Hall–Kier alpha value is -1.92. The maximum Gasteiger partial charge on any atom is 0.282 e. The van der Waals surface area contributed by atoms with Crippen molar-refractivity contribution in [2.75, 3.05) is 53.1 Å². The van der Waals surface area contributed by atoms with Crippen LogP contribution in [0.25, 0.3) is 11.5 Å². The molecule has 10 nitrogen and oxygen atoms in total. The highest BCUT2D eigenvalue weighted by Crippen LogP contribution is 2.39. The number of hydrogen-bond donors (Lipinski definition) is 0. The van der Waals surface area contributed by atoms with Crippen LogP contribution in [0, 0.1) is 0 Å². The van der Waals surface area contributed by atoms with Crippen LogP contribution in [0.3, 0.4) is 0 Å².